The van der Waals surface area contributed by atoms with E-state index in [0.717, 1.165) is 10.5 Å². The third-order valence-corrected chi connectivity index (χ3v) is 2.47. The van der Waals surface area contributed by atoms with Crippen molar-refractivity contribution < 1.29 is 14.6 Å². The summed E-state index contributed by atoms with van der Waals surface area (Å²) in [5.74, 6) is -0.406. The third kappa shape index (κ3) is 5.06. The second-order valence-corrected chi connectivity index (χ2v) is 4.19. The first-order valence-corrected chi connectivity index (χ1v) is 5.95. The Labute approximate surface area is 112 Å². The molecule has 0 aliphatic heterocycles. The minimum Gasteiger partial charge on any atom is -0.489 e. The fourth-order valence-corrected chi connectivity index (χ4v) is 1.57. The van der Waals surface area contributed by atoms with E-state index in [0.29, 0.717) is 17.9 Å². The molecule has 3 nitrogen and oxygen atoms in total. The zero-order valence-electron chi connectivity index (χ0n) is 8.77. The molecule has 0 aliphatic rings. The Morgan fingerprint density at radius 2 is 2.29 bits per heavy atom. The van der Waals surface area contributed by atoms with Crippen LogP contribution in [0, 0.1) is 0 Å². The summed E-state index contributed by atoms with van der Waals surface area (Å²) >= 11 is 8.69. The van der Waals surface area contributed by atoms with Gasteiger partial charge in [0, 0.05) is 21.6 Å². The van der Waals surface area contributed by atoms with Crippen molar-refractivity contribution in [2.75, 3.05) is 6.61 Å². The van der Waals surface area contributed by atoms with E-state index in [4.69, 9.17) is 21.4 Å². The van der Waals surface area contributed by atoms with Crippen LogP contribution in [-0.4, -0.2) is 17.7 Å². The monoisotopic (exact) mass is 316 g/mol. The maximum Gasteiger partial charge on any atom is 0.328 e. The second-order valence-electron chi connectivity index (χ2n) is 3.03. The number of hydrogen-bond acceptors (Lipinski definition) is 2. The van der Waals surface area contributed by atoms with Crippen molar-refractivity contribution in [2.45, 2.75) is 0 Å². The van der Waals surface area contributed by atoms with Crippen LogP contribution in [0.25, 0.3) is 6.08 Å². The summed E-state index contributed by atoms with van der Waals surface area (Å²) in [4.78, 5) is 10.5. The van der Waals surface area contributed by atoms with Gasteiger partial charge >= 0.3 is 5.97 Å². The summed E-state index contributed by atoms with van der Waals surface area (Å²) < 4.78 is 6.28. The fourth-order valence-electron chi connectivity index (χ4n) is 1.12. The van der Waals surface area contributed by atoms with Gasteiger partial charge in [-0.15, -0.1) is 0 Å². The summed E-state index contributed by atoms with van der Waals surface area (Å²) in [5.41, 5.74) is 2.05. The van der Waals surface area contributed by atoms with Gasteiger partial charge in [-0.3, -0.25) is 0 Å². The molecule has 0 amide bonds. The molecule has 0 bridgehead atoms. The van der Waals surface area contributed by atoms with Crippen molar-refractivity contribution in [3.8, 4) is 5.75 Å². The highest BCUT2D eigenvalue weighted by atomic mass is 79.9. The Hall–Kier alpha value is -1.26. The van der Waals surface area contributed by atoms with E-state index in [-0.39, 0.29) is 0 Å². The van der Waals surface area contributed by atoms with Gasteiger partial charge in [-0.25, -0.2) is 4.79 Å². The van der Waals surface area contributed by atoms with Gasteiger partial charge < -0.3 is 9.84 Å². The van der Waals surface area contributed by atoms with Gasteiger partial charge in [-0.1, -0.05) is 27.5 Å². The third-order valence-electron chi connectivity index (χ3n) is 1.80. The summed E-state index contributed by atoms with van der Waals surface area (Å²) in [5, 5.41) is 8.58. The average Bonchev–Trinajstić information content (AvgIpc) is 2.29. The number of benzene rings is 1. The van der Waals surface area contributed by atoms with Crippen LogP contribution in [0.3, 0.4) is 0 Å². The molecule has 90 valence electrons. The molecule has 0 fully saturated rings. The van der Waals surface area contributed by atoms with Gasteiger partial charge in [0.1, 0.15) is 12.4 Å². The Morgan fingerprint density at radius 3 is 2.94 bits per heavy atom. The number of carbonyl (C=O) groups is 1. The summed E-state index contributed by atoms with van der Waals surface area (Å²) in [6.07, 6.45) is 4.19. The largest absolute Gasteiger partial charge is 0.489 e. The molecule has 1 N–H and O–H groups in total. The molecule has 1 rings (SSSR count). The number of carboxylic acids is 1. The zero-order valence-corrected chi connectivity index (χ0v) is 11.1. The van der Waals surface area contributed by atoms with E-state index < -0.39 is 5.97 Å². The summed E-state index contributed by atoms with van der Waals surface area (Å²) in [6.45, 7) is 0.332. The van der Waals surface area contributed by atoms with Gasteiger partial charge in [-0.05, 0) is 30.4 Å². The van der Waals surface area contributed by atoms with Crippen LogP contribution in [0.5, 0.6) is 5.75 Å². The van der Waals surface area contributed by atoms with Gasteiger partial charge in [-0.2, -0.15) is 0 Å². The van der Waals surface area contributed by atoms with Gasteiger partial charge in [0.25, 0.3) is 0 Å². The lowest BCUT2D eigenvalue weighted by atomic mass is 10.2. The Kier molecular flexibility index (Phi) is 5.80. The molecular weight excluding hydrogens is 307 g/mol. The smallest absolute Gasteiger partial charge is 0.328 e. The average molecular weight is 318 g/mol. The van der Waals surface area contributed by atoms with Crippen molar-refractivity contribution in [2.24, 2.45) is 0 Å². The summed E-state index contributed by atoms with van der Waals surface area (Å²) in [7, 11) is 0. The normalized spacial score (nSPS) is 11.2. The topological polar surface area (TPSA) is 46.5 Å². The predicted octanol–water partition coefficient (Wildman–Crippen LogP) is 3.68. The molecule has 0 atom stereocenters. The Morgan fingerprint density at radius 1 is 1.53 bits per heavy atom. The first-order chi connectivity index (χ1) is 8.13. The quantitative estimate of drug-likeness (QED) is 0.843. The van der Waals surface area contributed by atoms with E-state index in [1.807, 2.05) is 6.07 Å². The molecule has 0 spiro atoms. The predicted molar refractivity (Wildman–Crippen MR) is 71.3 cm³/mol. The first-order valence-electron chi connectivity index (χ1n) is 4.72. The molecule has 0 aromatic heterocycles. The van der Waals surface area contributed by atoms with Crippen LogP contribution in [0.2, 0.25) is 0 Å². The molecule has 1 aromatic carbocycles. The van der Waals surface area contributed by atoms with Crippen LogP contribution < -0.4 is 4.74 Å². The molecule has 0 aliphatic carbocycles. The van der Waals surface area contributed by atoms with E-state index in [2.05, 4.69) is 15.9 Å². The van der Waals surface area contributed by atoms with Gasteiger partial charge in [0.05, 0.1) is 0 Å². The molecule has 0 saturated heterocycles. The van der Waals surface area contributed by atoms with Crippen molar-refractivity contribution >= 4 is 39.6 Å². The zero-order chi connectivity index (χ0) is 12.7. The highest BCUT2D eigenvalue weighted by Crippen LogP contribution is 2.24. The molecule has 0 unspecified atom stereocenters. The number of hydrogen-bond donors (Lipinski definition) is 1. The minimum atomic E-state index is -1.00. The van der Waals surface area contributed by atoms with E-state index in [1.165, 1.54) is 11.6 Å². The number of aliphatic carboxylic acids is 1. The van der Waals surface area contributed by atoms with Gasteiger partial charge in [0.2, 0.25) is 0 Å². The number of ether oxygens (including phenoxy) is 1. The lowest BCUT2D eigenvalue weighted by molar-refractivity contribution is -0.131. The van der Waals surface area contributed by atoms with Crippen LogP contribution in [0.4, 0.5) is 0 Å². The van der Waals surface area contributed by atoms with E-state index >= 15 is 0 Å². The maximum atomic E-state index is 10.5. The van der Waals surface area contributed by atoms with Crippen LogP contribution in [-0.2, 0) is 4.79 Å². The van der Waals surface area contributed by atoms with Crippen molar-refractivity contribution in [3.05, 3.63) is 45.9 Å². The van der Waals surface area contributed by atoms with E-state index in [1.54, 1.807) is 18.2 Å². The number of carboxylic acid groups (broad SMARTS) is 1. The van der Waals surface area contributed by atoms with Crippen molar-refractivity contribution in [1.82, 2.24) is 0 Å². The number of halogens is 2. The highest BCUT2D eigenvalue weighted by molar-refractivity contribution is 9.10. The lowest BCUT2D eigenvalue weighted by Gasteiger charge is -2.07. The Balaban J connectivity index is 2.91. The second kappa shape index (κ2) is 7.14. The molecule has 0 saturated carbocycles. The van der Waals surface area contributed by atoms with Crippen LogP contribution in [0.15, 0.2) is 40.4 Å². The summed E-state index contributed by atoms with van der Waals surface area (Å²) in [6, 6.07) is 5.35. The number of rotatable bonds is 5. The highest BCUT2D eigenvalue weighted by Gasteiger charge is 2.01. The molecular formula is C12H10BrClO3. The van der Waals surface area contributed by atoms with Crippen LogP contribution in [0.1, 0.15) is 5.56 Å². The fraction of sp³-hybridized carbons (Fsp3) is 0.0833. The molecule has 17 heavy (non-hydrogen) atoms. The SMILES string of the molecule is O=C(O)/C=C/c1cc(Br)ccc1OC/C=C/Cl. The van der Waals surface area contributed by atoms with Crippen molar-refractivity contribution in [1.29, 1.82) is 0 Å². The molecule has 1 aromatic rings. The minimum absolute atomic E-state index is 0.332. The Bertz CT molecular complexity index is 455. The van der Waals surface area contributed by atoms with Crippen LogP contribution >= 0.6 is 27.5 Å². The van der Waals surface area contributed by atoms with Crippen molar-refractivity contribution in [3.63, 3.8) is 0 Å². The molecule has 0 heterocycles. The molecule has 5 heteroatoms. The van der Waals surface area contributed by atoms with E-state index in [9.17, 15) is 4.79 Å². The first kappa shape index (κ1) is 13.8. The van der Waals surface area contributed by atoms with Gasteiger partial charge in [0.15, 0.2) is 0 Å². The standard InChI is InChI=1S/C12H10BrClO3/c13-10-3-4-11(17-7-1-6-14)9(8-10)2-5-12(15)16/h1-6,8H,7H2,(H,15,16)/b5-2+,6-1+. The molecule has 0 radical (unpaired) electrons. The maximum absolute atomic E-state index is 10.5. The lowest BCUT2D eigenvalue weighted by Crippen LogP contribution is -1.95.